The Morgan fingerprint density at radius 1 is 1.35 bits per heavy atom. The largest absolute Gasteiger partial charge is 0.461 e. The molecule has 0 spiro atoms. The van der Waals surface area contributed by atoms with E-state index in [0.717, 1.165) is 11.8 Å². The van der Waals surface area contributed by atoms with Gasteiger partial charge in [0.05, 0.1) is 6.61 Å². The number of anilines is 1. The Morgan fingerprint density at radius 2 is 1.94 bits per heavy atom. The van der Waals surface area contributed by atoms with Gasteiger partial charge in [-0.1, -0.05) is 12.1 Å². The number of carbonyl (C=O) groups excluding carboxylic acids is 1. The van der Waals surface area contributed by atoms with E-state index in [9.17, 15) is 9.18 Å². The van der Waals surface area contributed by atoms with Crippen molar-refractivity contribution >= 4 is 17.7 Å². The molecule has 1 rings (SSSR count). The third-order valence-corrected chi connectivity index (χ3v) is 2.17. The van der Waals surface area contributed by atoms with Gasteiger partial charge in [-0.05, 0) is 30.7 Å². The van der Waals surface area contributed by atoms with Gasteiger partial charge in [-0.3, -0.25) is 0 Å². The second kappa shape index (κ2) is 6.03. The van der Waals surface area contributed by atoms with Crippen LogP contribution in [0.2, 0.25) is 0 Å². The molecule has 1 aromatic rings. The van der Waals surface area contributed by atoms with Crippen LogP contribution in [0.25, 0.3) is 6.08 Å². The van der Waals surface area contributed by atoms with Gasteiger partial charge in [0, 0.05) is 19.8 Å². The quantitative estimate of drug-likeness (QED) is 0.595. The highest BCUT2D eigenvalue weighted by Crippen LogP contribution is 2.15. The maximum Gasteiger partial charge on any atom is 0.367 e. The normalized spacial score (nSPS) is 11.2. The maximum atomic E-state index is 13.3. The second-order valence-electron chi connectivity index (χ2n) is 3.70. The number of esters is 1. The van der Waals surface area contributed by atoms with Gasteiger partial charge in [0.1, 0.15) is 0 Å². The monoisotopic (exact) mass is 237 g/mol. The Morgan fingerprint density at radius 3 is 2.41 bits per heavy atom. The van der Waals surface area contributed by atoms with Crippen LogP contribution in [0.5, 0.6) is 0 Å². The highest BCUT2D eigenvalue weighted by molar-refractivity contribution is 5.91. The third-order valence-electron chi connectivity index (χ3n) is 2.17. The predicted molar refractivity (Wildman–Crippen MR) is 66.5 cm³/mol. The van der Waals surface area contributed by atoms with E-state index in [2.05, 4.69) is 4.74 Å². The number of nitrogens with zero attached hydrogens (tertiary/aromatic N) is 1. The van der Waals surface area contributed by atoms with Crippen LogP contribution in [0.3, 0.4) is 0 Å². The molecular weight excluding hydrogens is 221 g/mol. The van der Waals surface area contributed by atoms with Gasteiger partial charge < -0.3 is 9.64 Å². The molecule has 17 heavy (non-hydrogen) atoms. The first-order chi connectivity index (χ1) is 8.04. The number of halogens is 1. The molecule has 3 nitrogen and oxygen atoms in total. The number of ether oxygens (including phenoxy) is 1. The average molecular weight is 237 g/mol. The van der Waals surface area contributed by atoms with E-state index in [1.54, 1.807) is 19.1 Å². The molecule has 0 N–H and O–H groups in total. The summed E-state index contributed by atoms with van der Waals surface area (Å²) in [7, 11) is 3.84. The molecule has 0 heterocycles. The minimum atomic E-state index is -0.927. The van der Waals surface area contributed by atoms with Gasteiger partial charge in [-0.25, -0.2) is 4.79 Å². The minimum absolute atomic E-state index is 0.166. The summed E-state index contributed by atoms with van der Waals surface area (Å²) in [6, 6.07) is 7.19. The summed E-state index contributed by atoms with van der Waals surface area (Å²) >= 11 is 0. The number of hydrogen-bond acceptors (Lipinski definition) is 3. The summed E-state index contributed by atoms with van der Waals surface area (Å²) in [6.07, 6.45) is 1.16. The highest BCUT2D eigenvalue weighted by atomic mass is 19.1. The summed E-state index contributed by atoms with van der Waals surface area (Å²) in [5.74, 6) is -1.81. The van der Waals surface area contributed by atoms with Gasteiger partial charge in [0.2, 0.25) is 5.83 Å². The van der Waals surface area contributed by atoms with Crippen LogP contribution >= 0.6 is 0 Å². The lowest BCUT2D eigenvalue weighted by molar-refractivity contribution is -0.140. The second-order valence-corrected chi connectivity index (χ2v) is 3.70. The molecule has 1 aromatic carbocycles. The van der Waals surface area contributed by atoms with Crippen molar-refractivity contribution in [2.24, 2.45) is 0 Å². The Labute approximate surface area is 100 Å². The highest BCUT2D eigenvalue weighted by Gasteiger charge is 2.08. The van der Waals surface area contributed by atoms with E-state index in [0.29, 0.717) is 5.56 Å². The first-order valence-electron chi connectivity index (χ1n) is 5.36. The SMILES string of the molecule is CCOC(=O)/C(F)=C\c1ccc(N(C)C)cc1. The van der Waals surface area contributed by atoms with Crippen LogP contribution in [0.1, 0.15) is 12.5 Å². The zero-order valence-electron chi connectivity index (χ0n) is 10.2. The summed E-state index contributed by atoms with van der Waals surface area (Å²) in [6.45, 7) is 1.80. The van der Waals surface area contributed by atoms with Gasteiger partial charge in [0.25, 0.3) is 0 Å². The molecule has 0 bridgehead atoms. The van der Waals surface area contributed by atoms with Crippen LogP contribution < -0.4 is 4.90 Å². The average Bonchev–Trinajstić information content (AvgIpc) is 2.30. The van der Waals surface area contributed by atoms with E-state index >= 15 is 0 Å². The molecule has 0 saturated carbocycles. The molecule has 0 radical (unpaired) electrons. The fourth-order valence-corrected chi connectivity index (χ4v) is 1.27. The topological polar surface area (TPSA) is 29.5 Å². The summed E-state index contributed by atoms with van der Waals surface area (Å²) in [4.78, 5) is 13.0. The summed E-state index contributed by atoms with van der Waals surface area (Å²) in [5, 5.41) is 0. The fraction of sp³-hybridized carbons (Fsp3) is 0.308. The van der Waals surface area contributed by atoms with E-state index in [1.807, 2.05) is 31.1 Å². The van der Waals surface area contributed by atoms with E-state index in [4.69, 9.17) is 0 Å². The molecule has 0 aliphatic carbocycles. The van der Waals surface area contributed by atoms with Crippen molar-refractivity contribution in [3.63, 3.8) is 0 Å². The zero-order valence-corrected chi connectivity index (χ0v) is 10.2. The number of rotatable bonds is 4. The van der Waals surface area contributed by atoms with Gasteiger partial charge in [-0.2, -0.15) is 4.39 Å². The molecule has 0 aliphatic heterocycles. The molecule has 4 heteroatoms. The molecule has 92 valence electrons. The summed E-state index contributed by atoms with van der Waals surface area (Å²) < 4.78 is 17.9. The van der Waals surface area contributed by atoms with Crippen molar-refractivity contribution in [1.82, 2.24) is 0 Å². The first kappa shape index (κ1) is 13.2. The van der Waals surface area contributed by atoms with Gasteiger partial charge in [0.15, 0.2) is 0 Å². The van der Waals surface area contributed by atoms with Gasteiger partial charge in [-0.15, -0.1) is 0 Å². The van der Waals surface area contributed by atoms with Crippen LogP contribution in [0.15, 0.2) is 30.1 Å². The lowest BCUT2D eigenvalue weighted by atomic mass is 10.2. The van der Waals surface area contributed by atoms with Crippen molar-refractivity contribution in [3.05, 3.63) is 35.7 Å². The molecule has 0 aliphatic rings. The molecule has 0 aromatic heterocycles. The predicted octanol–water partition coefficient (Wildman–Crippen LogP) is 2.63. The van der Waals surface area contributed by atoms with E-state index in [1.165, 1.54) is 0 Å². The molecule has 0 atom stereocenters. The molecular formula is C13H16FNO2. The van der Waals surface area contributed by atoms with Crippen molar-refractivity contribution in [2.75, 3.05) is 25.6 Å². The Balaban J connectivity index is 2.80. The number of carbonyl (C=O) groups is 1. The van der Waals surface area contributed by atoms with Crippen LogP contribution in [-0.2, 0) is 9.53 Å². The smallest absolute Gasteiger partial charge is 0.367 e. The lowest BCUT2D eigenvalue weighted by Crippen LogP contribution is -2.08. The first-order valence-corrected chi connectivity index (χ1v) is 5.36. The third kappa shape index (κ3) is 3.90. The zero-order chi connectivity index (χ0) is 12.8. The van der Waals surface area contributed by atoms with Gasteiger partial charge >= 0.3 is 5.97 Å². The van der Waals surface area contributed by atoms with Crippen molar-refractivity contribution in [1.29, 1.82) is 0 Å². The lowest BCUT2D eigenvalue weighted by Gasteiger charge is -2.11. The minimum Gasteiger partial charge on any atom is -0.461 e. The van der Waals surface area contributed by atoms with Crippen LogP contribution in [0, 0.1) is 0 Å². The summed E-state index contributed by atoms with van der Waals surface area (Å²) in [5.41, 5.74) is 1.64. The van der Waals surface area contributed by atoms with E-state index in [-0.39, 0.29) is 6.61 Å². The maximum absolute atomic E-state index is 13.3. The Bertz CT molecular complexity index is 410. The molecule has 0 saturated heterocycles. The standard InChI is InChI=1S/C13H16FNO2/c1-4-17-13(16)12(14)9-10-5-7-11(8-6-10)15(2)3/h5-9H,4H2,1-3H3/b12-9+. The number of hydrogen-bond donors (Lipinski definition) is 0. The fourth-order valence-electron chi connectivity index (χ4n) is 1.27. The van der Waals surface area contributed by atoms with Crippen LogP contribution in [-0.4, -0.2) is 26.7 Å². The van der Waals surface area contributed by atoms with Crippen LogP contribution in [0.4, 0.5) is 10.1 Å². The Hall–Kier alpha value is -1.84. The van der Waals surface area contributed by atoms with Crippen molar-refractivity contribution in [2.45, 2.75) is 6.92 Å². The van der Waals surface area contributed by atoms with Crippen molar-refractivity contribution < 1.29 is 13.9 Å². The molecule has 0 unspecified atom stereocenters. The van der Waals surface area contributed by atoms with E-state index < -0.39 is 11.8 Å². The molecule has 0 fully saturated rings. The number of benzene rings is 1. The molecule has 0 amide bonds. The Kier molecular flexibility index (Phi) is 4.69. The van der Waals surface area contributed by atoms with Crippen molar-refractivity contribution in [3.8, 4) is 0 Å².